The summed E-state index contributed by atoms with van der Waals surface area (Å²) in [5.74, 6) is -0.210. The molecule has 0 bridgehead atoms. The van der Waals surface area contributed by atoms with Crippen molar-refractivity contribution in [3.63, 3.8) is 0 Å². The van der Waals surface area contributed by atoms with E-state index in [2.05, 4.69) is 6.92 Å². The van der Waals surface area contributed by atoms with Gasteiger partial charge in [-0.05, 0) is 13.3 Å². The van der Waals surface area contributed by atoms with Gasteiger partial charge in [0.05, 0.1) is 0 Å². The molecule has 0 amide bonds. The Hall–Kier alpha value is -0.610. The summed E-state index contributed by atoms with van der Waals surface area (Å²) in [4.78, 5) is 11.9. The van der Waals surface area contributed by atoms with Gasteiger partial charge in [0.15, 0.2) is 0 Å². The van der Waals surface area contributed by atoms with Crippen molar-refractivity contribution >= 4 is 5.97 Å². The maximum Gasteiger partial charge on any atom is 0.306 e. The zero-order valence-corrected chi connectivity index (χ0v) is 18.1. The number of hydrogen-bond acceptors (Lipinski definition) is 4. The summed E-state index contributed by atoms with van der Waals surface area (Å²) in [6.07, 6.45) is 19.3. The molecular formula is C23H46O4. The summed E-state index contributed by atoms with van der Waals surface area (Å²) >= 11 is 0. The first kappa shape index (κ1) is 26.4. The van der Waals surface area contributed by atoms with Gasteiger partial charge in [0.2, 0.25) is 0 Å². The zero-order chi connectivity index (χ0) is 20.2. The van der Waals surface area contributed by atoms with E-state index in [1.807, 2.05) is 0 Å². The Labute approximate surface area is 168 Å². The molecule has 0 rings (SSSR count). The van der Waals surface area contributed by atoms with Gasteiger partial charge in [-0.15, -0.1) is 0 Å². The summed E-state index contributed by atoms with van der Waals surface area (Å²) in [6, 6.07) is 0. The minimum atomic E-state index is -0.739. The van der Waals surface area contributed by atoms with Crippen molar-refractivity contribution in [1.29, 1.82) is 0 Å². The monoisotopic (exact) mass is 386 g/mol. The van der Waals surface area contributed by atoms with Crippen LogP contribution in [0, 0.1) is 0 Å². The van der Waals surface area contributed by atoms with Crippen LogP contribution in [-0.4, -0.2) is 35.0 Å². The summed E-state index contributed by atoms with van der Waals surface area (Å²) in [7, 11) is 0. The molecule has 0 saturated carbocycles. The molecule has 0 unspecified atom stereocenters. The second kappa shape index (κ2) is 18.7. The molecule has 0 saturated heterocycles. The topological polar surface area (TPSA) is 66.8 Å². The molecule has 0 aliphatic heterocycles. The predicted molar refractivity (Wildman–Crippen MR) is 113 cm³/mol. The highest BCUT2D eigenvalue weighted by Crippen LogP contribution is 2.21. The van der Waals surface area contributed by atoms with E-state index in [0.717, 1.165) is 12.8 Å². The van der Waals surface area contributed by atoms with Crippen LogP contribution in [0.5, 0.6) is 0 Å². The fraction of sp³-hybridized carbons (Fsp3) is 0.957. The van der Waals surface area contributed by atoms with Crippen molar-refractivity contribution in [1.82, 2.24) is 0 Å². The third kappa shape index (κ3) is 17.2. The molecule has 0 aromatic rings. The molecule has 4 nitrogen and oxygen atoms in total. The summed E-state index contributed by atoms with van der Waals surface area (Å²) in [6.45, 7) is 3.97. The van der Waals surface area contributed by atoms with E-state index in [-0.39, 0.29) is 19.2 Å². The Kier molecular flexibility index (Phi) is 18.3. The Morgan fingerprint density at radius 1 is 0.704 bits per heavy atom. The first-order chi connectivity index (χ1) is 13.1. The molecule has 0 atom stereocenters. The maximum absolute atomic E-state index is 11.9. The van der Waals surface area contributed by atoms with Crippen molar-refractivity contribution in [3.8, 4) is 0 Å². The lowest BCUT2D eigenvalue weighted by atomic mass is 9.98. The Morgan fingerprint density at radius 2 is 1.07 bits per heavy atom. The van der Waals surface area contributed by atoms with Crippen LogP contribution in [0.2, 0.25) is 0 Å². The molecule has 0 aliphatic rings. The van der Waals surface area contributed by atoms with E-state index >= 15 is 0 Å². The van der Waals surface area contributed by atoms with Gasteiger partial charge >= 0.3 is 5.97 Å². The molecule has 0 aliphatic carbocycles. The highest BCUT2D eigenvalue weighted by atomic mass is 16.6. The Morgan fingerprint density at radius 3 is 1.44 bits per heavy atom. The van der Waals surface area contributed by atoms with Crippen LogP contribution >= 0.6 is 0 Å². The van der Waals surface area contributed by atoms with Crippen molar-refractivity contribution in [2.45, 2.75) is 129 Å². The Bertz CT molecular complexity index is 324. The van der Waals surface area contributed by atoms with E-state index in [4.69, 9.17) is 14.9 Å². The van der Waals surface area contributed by atoms with Gasteiger partial charge in [-0.3, -0.25) is 4.79 Å². The quantitative estimate of drug-likeness (QED) is 0.201. The number of hydrogen-bond donors (Lipinski definition) is 2. The number of rotatable bonds is 20. The summed E-state index contributed by atoms with van der Waals surface area (Å²) < 4.78 is 5.47. The van der Waals surface area contributed by atoms with E-state index in [1.165, 1.54) is 77.0 Å². The number of unbranched alkanes of at least 4 members (excludes halogenated alkanes) is 13. The average Bonchev–Trinajstić information content (AvgIpc) is 2.62. The minimum Gasteiger partial charge on any atom is -0.459 e. The number of esters is 1. The van der Waals surface area contributed by atoms with Crippen LogP contribution in [-0.2, 0) is 9.53 Å². The lowest BCUT2D eigenvalue weighted by Gasteiger charge is -2.28. The normalized spacial score (nSPS) is 11.7. The van der Waals surface area contributed by atoms with Crippen LogP contribution in [0.1, 0.15) is 123 Å². The molecule has 27 heavy (non-hydrogen) atoms. The van der Waals surface area contributed by atoms with Gasteiger partial charge < -0.3 is 14.9 Å². The molecular weight excluding hydrogens is 340 g/mol. The molecule has 0 aromatic heterocycles. The van der Waals surface area contributed by atoms with Gasteiger partial charge in [0.1, 0.15) is 5.60 Å². The van der Waals surface area contributed by atoms with E-state index < -0.39 is 5.60 Å². The van der Waals surface area contributed by atoms with Crippen LogP contribution in [0.15, 0.2) is 0 Å². The van der Waals surface area contributed by atoms with Gasteiger partial charge in [0.25, 0.3) is 0 Å². The molecule has 0 radical (unpaired) electrons. The van der Waals surface area contributed by atoms with Crippen LogP contribution in [0.3, 0.4) is 0 Å². The average molecular weight is 387 g/mol. The van der Waals surface area contributed by atoms with Gasteiger partial charge in [0, 0.05) is 32.5 Å². The van der Waals surface area contributed by atoms with Crippen LogP contribution in [0.25, 0.3) is 0 Å². The molecule has 0 fully saturated rings. The molecule has 2 N–H and O–H groups in total. The molecule has 0 aromatic carbocycles. The van der Waals surface area contributed by atoms with Crippen LogP contribution in [0.4, 0.5) is 0 Å². The molecule has 0 spiro atoms. The first-order valence-corrected chi connectivity index (χ1v) is 11.5. The first-order valence-electron chi connectivity index (χ1n) is 11.5. The fourth-order valence-corrected chi connectivity index (χ4v) is 3.49. The zero-order valence-electron chi connectivity index (χ0n) is 18.1. The number of carbonyl (C=O) groups excluding carboxylic acids is 1. The van der Waals surface area contributed by atoms with E-state index in [1.54, 1.807) is 6.92 Å². The SMILES string of the molecule is CCCCCCCCCCCCCCCCC(=O)OC(C)(CCO)CCO. The van der Waals surface area contributed by atoms with Gasteiger partial charge in [-0.1, -0.05) is 90.4 Å². The molecule has 0 heterocycles. The van der Waals surface area contributed by atoms with E-state index in [0.29, 0.717) is 19.3 Å². The predicted octanol–water partition coefficient (Wildman–Crippen LogP) is 5.92. The summed E-state index contributed by atoms with van der Waals surface area (Å²) in [5.41, 5.74) is -0.739. The highest BCUT2D eigenvalue weighted by molar-refractivity contribution is 5.69. The smallest absolute Gasteiger partial charge is 0.306 e. The van der Waals surface area contributed by atoms with E-state index in [9.17, 15) is 4.79 Å². The van der Waals surface area contributed by atoms with Gasteiger partial charge in [-0.2, -0.15) is 0 Å². The lowest BCUT2D eigenvalue weighted by molar-refractivity contribution is -0.161. The standard InChI is InChI=1S/C23H46O4/c1-3-4-5-6-7-8-9-10-11-12-13-14-15-16-17-22(26)27-23(2,18-20-24)19-21-25/h24-25H,3-21H2,1-2H3. The van der Waals surface area contributed by atoms with Crippen molar-refractivity contribution in [3.05, 3.63) is 0 Å². The maximum atomic E-state index is 11.9. The van der Waals surface area contributed by atoms with Crippen molar-refractivity contribution in [2.75, 3.05) is 13.2 Å². The second-order valence-corrected chi connectivity index (χ2v) is 8.22. The third-order valence-electron chi connectivity index (χ3n) is 5.38. The van der Waals surface area contributed by atoms with Crippen molar-refractivity contribution in [2.24, 2.45) is 0 Å². The fourth-order valence-electron chi connectivity index (χ4n) is 3.49. The number of aliphatic hydroxyl groups excluding tert-OH is 2. The molecule has 162 valence electrons. The number of ether oxygens (including phenoxy) is 1. The minimum absolute atomic E-state index is 0.0391. The Balaban J connectivity index is 3.44. The molecule has 4 heteroatoms. The van der Waals surface area contributed by atoms with Gasteiger partial charge in [-0.25, -0.2) is 0 Å². The third-order valence-corrected chi connectivity index (χ3v) is 5.38. The largest absolute Gasteiger partial charge is 0.459 e. The number of aliphatic hydroxyl groups is 2. The second-order valence-electron chi connectivity index (χ2n) is 8.22. The highest BCUT2D eigenvalue weighted by Gasteiger charge is 2.27. The van der Waals surface area contributed by atoms with Crippen LogP contribution < -0.4 is 0 Å². The number of carbonyl (C=O) groups is 1. The lowest BCUT2D eigenvalue weighted by Crippen LogP contribution is -2.34. The van der Waals surface area contributed by atoms with Crippen molar-refractivity contribution < 1.29 is 19.7 Å². The summed E-state index contributed by atoms with van der Waals surface area (Å²) in [5, 5.41) is 18.2.